The Hall–Kier alpha value is -1.18. The Balaban J connectivity index is 2.51. The van der Waals surface area contributed by atoms with E-state index in [1.54, 1.807) is 12.2 Å². The second-order valence-electron chi connectivity index (χ2n) is 2.99. The van der Waals surface area contributed by atoms with Gasteiger partial charge in [0.15, 0.2) is 0 Å². The zero-order chi connectivity index (χ0) is 10.4. The minimum atomic E-state index is 0.129. The molecule has 14 heavy (non-hydrogen) atoms. The van der Waals surface area contributed by atoms with E-state index in [2.05, 4.69) is 12.2 Å². The maximum absolute atomic E-state index is 8.64. The molecule has 0 radical (unpaired) electrons. The maximum Gasteiger partial charge on any atom is 0.114 e. The molecular weight excluding hydrogens is 196 g/mol. The largest absolute Gasteiger partial charge is 0.389 e. The van der Waals surface area contributed by atoms with E-state index in [-0.39, 0.29) is 11.1 Å². The highest BCUT2D eigenvalue weighted by molar-refractivity contribution is 7.80. The summed E-state index contributed by atoms with van der Waals surface area (Å²) in [7, 11) is 0. The second-order valence-corrected chi connectivity index (χ2v) is 3.43. The summed E-state index contributed by atoms with van der Waals surface area (Å²) in [5.74, 6) is 0. The molecule has 0 aromatic carbocycles. The fraction of sp³-hybridized carbons (Fsp3) is 0.400. The van der Waals surface area contributed by atoms with Crippen molar-refractivity contribution in [2.24, 2.45) is 5.73 Å². The van der Waals surface area contributed by atoms with Crippen LogP contribution < -0.4 is 5.73 Å². The highest BCUT2D eigenvalue weighted by Gasteiger charge is 2.10. The first-order chi connectivity index (χ1) is 6.74. The van der Waals surface area contributed by atoms with Crippen molar-refractivity contribution in [1.29, 1.82) is 5.26 Å². The van der Waals surface area contributed by atoms with Gasteiger partial charge in [0.1, 0.15) is 11.1 Å². The zero-order valence-corrected chi connectivity index (χ0v) is 8.59. The van der Waals surface area contributed by atoms with E-state index in [0.29, 0.717) is 5.57 Å². The summed E-state index contributed by atoms with van der Waals surface area (Å²) in [4.78, 5) is 0.129. The van der Waals surface area contributed by atoms with E-state index in [9.17, 15) is 0 Å². The van der Waals surface area contributed by atoms with Crippen molar-refractivity contribution in [3.05, 3.63) is 23.8 Å². The maximum atomic E-state index is 8.64. The molecular formula is C10H12N2OS. The summed E-state index contributed by atoms with van der Waals surface area (Å²) in [5, 5.41) is 8.64. The molecule has 1 atom stereocenters. The molecule has 1 heterocycles. The predicted octanol–water partition coefficient (Wildman–Crippen LogP) is 1.46. The van der Waals surface area contributed by atoms with Gasteiger partial charge in [-0.25, -0.2) is 0 Å². The van der Waals surface area contributed by atoms with Crippen LogP contribution in [0.1, 0.15) is 12.8 Å². The van der Waals surface area contributed by atoms with Crippen LogP contribution in [-0.2, 0) is 4.74 Å². The van der Waals surface area contributed by atoms with Crippen LogP contribution >= 0.6 is 12.2 Å². The molecule has 4 heteroatoms. The molecule has 2 N–H and O–H groups in total. The summed E-state index contributed by atoms with van der Waals surface area (Å²) in [5.41, 5.74) is 5.64. The molecule has 1 unspecified atom stereocenters. The van der Waals surface area contributed by atoms with Crippen LogP contribution in [0, 0.1) is 11.3 Å². The summed E-state index contributed by atoms with van der Waals surface area (Å²) in [6.07, 6.45) is 7.62. The van der Waals surface area contributed by atoms with Crippen molar-refractivity contribution < 1.29 is 4.74 Å². The van der Waals surface area contributed by atoms with Crippen LogP contribution in [0.15, 0.2) is 23.8 Å². The molecule has 1 aliphatic rings. The van der Waals surface area contributed by atoms with E-state index < -0.39 is 0 Å². The second kappa shape index (κ2) is 5.53. The first kappa shape index (κ1) is 10.9. The highest BCUT2D eigenvalue weighted by Crippen LogP contribution is 2.12. The predicted molar refractivity (Wildman–Crippen MR) is 58.6 cm³/mol. The van der Waals surface area contributed by atoms with Crippen LogP contribution in [0.25, 0.3) is 0 Å². The van der Waals surface area contributed by atoms with Gasteiger partial charge in [0, 0.05) is 6.61 Å². The lowest BCUT2D eigenvalue weighted by molar-refractivity contribution is 0.145. The van der Waals surface area contributed by atoms with Crippen LogP contribution in [0.5, 0.6) is 0 Å². The Kier molecular flexibility index (Phi) is 4.30. The molecule has 1 fully saturated rings. The number of ether oxygens (including phenoxy) is 1. The fourth-order valence-corrected chi connectivity index (χ4v) is 1.32. The van der Waals surface area contributed by atoms with Gasteiger partial charge in [-0.2, -0.15) is 5.26 Å². The smallest absolute Gasteiger partial charge is 0.114 e. The molecule has 1 aliphatic heterocycles. The normalized spacial score (nSPS) is 22.5. The quantitative estimate of drug-likeness (QED) is 0.330. The number of nitrogens with zero attached hydrogens (tertiary/aromatic N) is 1. The Morgan fingerprint density at radius 2 is 2.43 bits per heavy atom. The van der Waals surface area contributed by atoms with Crippen molar-refractivity contribution >= 4 is 17.2 Å². The van der Waals surface area contributed by atoms with Gasteiger partial charge in [0.2, 0.25) is 0 Å². The topological polar surface area (TPSA) is 59.0 Å². The molecule has 0 aromatic heterocycles. The number of thiocarbonyl (C=S) groups is 1. The molecule has 0 aromatic rings. The number of nitriles is 1. The van der Waals surface area contributed by atoms with Gasteiger partial charge in [0.05, 0.1) is 11.7 Å². The average Bonchev–Trinajstić information content (AvgIpc) is 2.64. The standard InChI is InChI=1S/C10H12N2OS/c11-7-8(10(12)14)3-1-4-9-5-2-6-13-9/h1,3-4,9H,2,5-6H2,(H2,12,14)/b4-1+,8-3+. The Morgan fingerprint density at radius 1 is 1.64 bits per heavy atom. The Labute approximate surface area is 88.8 Å². The average molecular weight is 208 g/mol. The summed E-state index contributed by atoms with van der Waals surface area (Å²) in [6, 6.07) is 1.93. The summed E-state index contributed by atoms with van der Waals surface area (Å²) in [6.45, 7) is 0.819. The highest BCUT2D eigenvalue weighted by atomic mass is 32.1. The van der Waals surface area contributed by atoms with Crippen LogP contribution in [0.2, 0.25) is 0 Å². The lowest BCUT2D eigenvalue weighted by Gasteiger charge is -1.99. The molecule has 3 nitrogen and oxygen atoms in total. The first-order valence-electron chi connectivity index (χ1n) is 4.44. The minimum Gasteiger partial charge on any atom is -0.389 e. The van der Waals surface area contributed by atoms with Crippen molar-refractivity contribution in [2.75, 3.05) is 6.61 Å². The SMILES string of the molecule is N#C/C(=C\C=C\C1CCCO1)C(N)=S. The first-order valence-corrected chi connectivity index (χ1v) is 4.85. The molecule has 0 saturated carbocycles. The number of hydrogen-bond acceptors (Lipinski definition) is 3. The summed E-state index contributed by atoms with van der Waals surface area (Å²) >= 11 is 4.69. The van der Waals surface area contributed by atoms with E-state index in [1.165, 1.54) is 0 Å². The van der Waals surface area contributed by atoms with Gasteiger partial charge < -0.3 is 10.5 Å². The van der Waals surface area contributed by atoms with Gasteiger partial charge in [-0.15, -0.1) is 0 Å². The van der Waals surface area contributed by atoms with Crippen LogP contribution in [-0.4, -0.2) is 17.7 Å². The zero-order valence-electron chi connectivity index (χ0n) is 7.77. The van der Waals surface area contributed by atoms with Crippen molar-refractivity contribution in [3.63, 3.8) is 0 Å². The molecule has 1 rings (SSSR count). The number of nitrogens with two attached hydrogens (primary N) is 1. The number of rotatable bonds is 3. The van der Waals surface area contributed by atoms with Crippen LogP contribution in [0.3, 0.4) is 0 Å². The molecule has 0 spiro atoms. The van der Waals surface area contributed by atoms with E-state index >= 15 is 0 Å². The van der Waals surface area contributed by atoms with Gasteiger partial charge in [0.25, 0.3) is 0 Å². The molecule has 74 valence electrons. The third kappa shape index (κ3) is 3.29. The number of hydrogen-bond donors (Lipinski definition) is 1. The fourth-order valence-electron chi connectivity index (χ4n) is 1.20. The van der Waals surface area contributed by atoms with Gasteiger partial charge in [-0.3, -0.25) is 0 Å². The molecule has 0 bridgehead atoms. The van der Waals surface area contributed by atoms with E-state index in [0.717, 1.165) is 19.4 Å². The monoisotopic (exact) mass is 208 g/mol. The van der Waals surface area contributed by atoms with E-state index in [4.69, 9.17) is 15.7 Å². The lowest BCUT2D eigenvalue weighted by atomic mass is 10.2. The number of allylic oxidation sites excluding steroid dienone is 2. The minimum absolute atomic E-state index is 0.129. The third-order valence-corrected chi connectivity index (χ3v) is 2.16. The van der Waals surface area contributed by atoms with E-state index in [1.807, 2.05) is 12.1 Å². The van der Waals surface area contributed by atoms with Crippen molar-refractivity contribution in [3.8, 4) is 6.07 Å². The Morgan fingerprint density at radius 3 is 2.93 bits per heavy atom. The van der Waals surface area contributed by atoms with Crippen molar-refractivity contribution in [1.82, 2.24) is 0 Å². The van der Waals surface area contributed by atoms with Gasteiger partial charge in [-0.05, 0) is 18.9 Å². The summed E-state index contributed by atoms with van der Waals surface area (Å²) < 4.78 is 5.37. The van der Waals surface area contributed by atoms with Gasteiger partial charge >= 0.3 is 0 Å². The van der Waals surface area contributed by atoms with Gasteiger partial charge in [-0.1, -0.05) is 24.4 Å². The lowest BCUT2D eigenvalue weighted by Crippen LogP contribution is -2.09. The molecule has 0 aliphatic carbocycles. The van der Waals surface area contributed by atoms with Crippen molar-refractivity contribution in [2.45, 2.75) is 18.9 Å². The van der Waals surface area contributed by atoms with Crippen LogP contribution in [0.4, 0.5) is 0 Å². The molecule has 1 saturated heterocycles. The molecule has 0 amide bonds. The Bertz CT molecular complexity index is 309. The third-order valence-electron chi connectivity index (χ3n) is 1.94.